The van der Waals surface area contributed by atoms with Crippen LogP contribution in [0.15, 0.2) is 55.0 Å². The number of hydrogen-bond acceptors (Lipinski definition) is 5. The Balaban J connectivity index is 1.57. The Hall–Kier alpha value is -3.25. The molecule has 1 aliphatic rings. The van der Waals surface area contributed by atoms with E-state index in [4.69, 9.17) is 5.73 Å². The number of H-pyrrole nitrogens is 1. The van der Waals surface area contributed by atoms with E-state index in [1.807, 2.05) is 37.4 Å². The van der Waals surface area contributed by atoms with E-state index in [0.29, 0.717) is 0 Å². The summed E-state index contributed by atoms with van der Waals surface area (Å²) in [6.45, 7) is 3.76. The number of anilines is 1. The molecular formula is C21H20N6. The van der Waals surface area contributed by atoms with Gasteiger partial charge in [-0.2, -0.15) is 0 Å². The third-order valence-electron chi connectivity index (χ3n) is 5.00. The predicted octanol–water partition coefficient (Wildman–Crippen LogP) is 3.14. The third kappa shape index (κ3) is 2.84. The lowest BCUT2D eigenvalue weighted by molar-refractivity contribution is 0.519. The predicted molar refractivity (Wildman–Crippen MR) is 107 cm³/mol. The molecule has 1 fully saturated rings. The average Bonchev–Trinajstić information content (AvgIpc) is 3.14. The molecule has 0 radical (unpaired) electrons. The molecule has 0 aliphatic carbocycles. The van der Waals surface area contributed by atoms with Gasteiger partial charge in [0.1, 0.15) is 0 Å². The van der Waals surface area contributed by atoms with Crippen LogP contribution in [0.25, 0.3) is 33.5 Å². The van der Waals surface area contributed by atoms with E-state index < -0.39 is 0 Å². The standard InChI is InChI=1S/C21H20N6/c1-13-3-2-4-19(26-13)21-20(24-12-25-21)14-5-6-18-15(7-14)8-17(9-23-18)27-10-16(22)11-27/h2-9,12,16H,10-11,22H2,1H3,(H,24,25). The summed E-state index contributed by atoms with van der Waals surface area (Å²) in [5.41, 5.74) is 12.7. The summed E-state index contributed by atoms with van der Waals surface area (Å²) >= 11 is 0. The Morgan fingerprint density at radius 2 is 2.00 bits per heavy atom. The summed E-state index contributed by atoms with van der Waals surface area (Å²) in [4.78, 5) is 19.3. The Morgan fingerprint density at radius 1 is 1.11 bits per heavy atom. The first-order chi connectivity index (χ1) is 13.2. The molecule has 0 bridgehead atoms. The summed E-state index contributed by atoms with van der Waals surface area (Å²) in [7, 11) is 0. The van der Waals surface area contributed by atoms with Gasteiger partial charge in [0, 0.05) is 35.8 Å². The quantitative estimate of drug-likeness (QED) is 0.589. The number of rotatable bonds is 3. The number of benzene rings is 1. The second kappa shape index (κ2) is 6.17. The zero-order chi connectivity index (χ0) is 18.4. The van der Waals surface area contributed by atoms with Crippen molar-refractivity contribution >= 4 is 16.6 Å². The summed E-state index contributed by atoms with van der Waals surface area (Å²) in [6.07, 6.45) is 3.64. The molecule has 0 unspecified atom stereocenters. The number of imidazole rings is 1. The van der Waals surface area contributed by atoms with Crippen molar-refractivity contribution in [2.75, 3.05) is 18.0 Å². The smallest absolute Gasteiger partial charge is 0.0977 e. The fourth-order valence-electron chi connectivity index (χ4n) is 3.55. The third-order valence-corrected chi connectivity index (χ3v) is 5.00. The van der Waals surface area contributed by atoms with E-state index in [9.17, 15) is 0 Å². The van der Waals surface area contributed by atoms with Crippen LogP contribution < -0.4 is 10.6 Å². The summed E-state index contributed by atoms with van der Waals surface area (Å²) in [5, 5.41) is 1.09. The first-order valence-corrected chi connectivity index (χ1v) is 9.05. The Morgan fingerprint density at radius 3 is 2.81 bits per heavy atom. The lowest BCUT2D eigenvalue weighted by atomic mass is 10.0. The molecule has 0 saturated carbocycles. The molecule has 0 atom stereocenters. The minimum atomic E-state index is 0.264. The number of nitrogens with zero attached hydrogens (tertiary/aromatic N) is 4. The first kappa shape index (κ1) is 16.0. The molecule has 134 valence electrons. The molecule has 1 aliphatic heterocycles. The van der Waals surface area contributed by atoms with Crippen LogP contribution >= 0.6 is 0 Å². The fraction of sp³-hybridized carbons (Fsp3) is 0.190. The van der Waals surface area contributed by atoms with E-state index in [0.717, 1.165) is 58.0 Å². The van der Waals surface area contributed by atoms with E-state index in [2.05, 4.69) is 43.0 Å². The van der Waals surface area contributed by atoms with Crippen LogP contribution in [0.3, 0.4) is 0 Å². The van der Waals surface area contributed by atoms with E-state index in [-0.39, 0.29) is 6.04 Å². The molecule has 4 heterocycles. The van der Waals surface area contributed by atoms with Crippen molar-refractivity contribution in [2.45, 2.75) is 13.0 Å². The molecular weight excluding hydrogens is 336 g/mol. The molecule has 6 nitrogen and oxygen atoms in total. The highest BCUT2D eigenvalue weighted by molar-refractivity contribution is 5.88. The van der Waals surface area contributed by atoms with Crippen LogP contribution in [0.1, 0.15) is 5.69 Å². The molecule has 3 aromatic heterocycles. The van der Waals surface area contributed by atoms with Crippen LogP contribution in [0, 0.1) is 6.92 Å². The second-order valence-corrected chi connectivity index (χ2v) is 7.06. The molecule has 0 amide bonds. The molecule has 0 spiro atoms. The van der Waals surface area contributed by atoms with Gasteiger partial charge in [-0.1, -0.05) is 12.1 Å². The topological polar surface area (TPSA) is 83.7 Å². The zero-order valence-corrected chi connectivity index (χ0v) is 15.1. The largest absolute Gasteiger partial charge is 0.367 e. The van der Waals surface area contributed by atoms with Gasteiger partial charge < -0.3 is 15.6 Å². The molecule has 6 heteroatoms. The normalized spacial score (nSPS) is 14.5. The maximum Gasteiger partial charge on any atom is 0.0977 e. The molecule has 1 saturated heterocycles. The van der Waals surface area contributed by atoms with Gasteiger partial charge in [-0.25, -0.2) is 4.98 Å². The summed E-state index contributed by atoms with van der Waals surface area (Å²) in [6, 6.07) is 14.7. The zero-order valence-electron chi connectivity index (χ0n) is 15.1. The van der Waals surface area contributed by atoms with Gasteiger partial charge in [0.15, 0.2) is 0 Å². The van der Waals surface area contributed by atoms with E-state index >= 15 is 0 Å². The molecule has 5 rings (SSSR count). The minimum Gasteiger partial charge on any atom is -0.367 e. The van der Waals surface area contributed by atoms with E-state index in [1.54, 1.807) is 6.33 Å². The van der Waals surface area contributed by atoms with Gasteiger partial charge in [0.05, 0.1) is 40.8 Å². The second-order valence-electron chi connectivity index (χ2n) is 7.06. The highest BCUT2D eigenvalue weighted by Gasteiger charge is 2.23. The Kier molecular flexibility index (Phi) is 3.65. The van der Waals surface area contributed by atoms with Gasteiger partial charge in [0.2, 0.25) is 0 Å². The maximum atomic E-state index is 5.91. The summed E-state index contributed by atoms with van der Waals surface area (Å²) in [5.74, 6) is 0. The monoisotopic (exact) mass is 356 g/mol. The molecule has 1 aromatic carbocycles. The number of nitrogens with one attached hydrogen (secondary N) is 1. The molecule has 27 heavy (non-hydrogen) atoms. The van der Waals surface area contributed by atoms with Gasteiger partial charge in [-0.15, -0.1) is 0 Å². The van der Waals surface area contributed by atoms with Gasteiger partial charge >= 0.3 is 0 Å². The number of aryl methyl sites for hydroxylation is 1. The van der Waals surface area contributed by atoms with Crippen molar-refractivity contribution in [1.29, 1.82) is 0 Å². The Bertz CT molecular complexity index is 1130. The Labute approximate surface area is 157 Å². The average molecular weight is 356 g/mol. The lowest BCUT2D eigenvalue weighted by Gasteiger charge is -2.38. The number of aromatic nitrogens is 4. The van der Waals surface area contributed by atoms with Gasteiger partial charge in [-0.3, -0.25) is 9.97 Å². The van der Waals surface area contributed by atoms with Crippen molar-refractivity contribution in [3.8, 4) is 22.6 Å². The van der Waals surface area contributed by atoms with Crippen LogP contribution in [0.5, 0.6) is 0 Å². The van der Waals surface area contributed by atoms with Crippen molar-refractivity contribution in [2.24, 2.45) is 5.73 Å². The van der Waals surface area contributed by atoms with Crippen molar-refractivity contribution in [3.63, 3.8) is 0 Å². The van der Waals surface area contributed by atoms with Crippen LogP contribution in [-0.2, 0) is 0 Å². The SMILES string of the molecule is Cc1cccc(-c2[nH]cnc2-c2ccc3ncc(N4CC(N)C4)cc3c2)n1. The number of nitrogens with two attached hydrogens (primary N) is 1. The molecule has 4 aromatic rings. The number of fused-ring (bicyclic) bond motifs is 1. The van der Waals surface area contributed by atoms with E-state index in [1.165, 1.54) is 0 Å². The van der Waals surface area contributed by atoms with Crippen LogP contribution in [-0.4, -0.2) is 39.1 Å². The fourth-order valence-corrected chi connectivity index (χ4v) is 3.55. The van der Waals surface area contributed by atoms with Crippen molar-refractivity contribution < 1.29 is 0 Å². The highest BCUT2D eigenvalue weighted by Crippen LogP contribution is 2.31. The minimum absolute atomic E-state index is 0.264. The molecule has 3 N–H and O–H groups in total. The highest BCUT2D eigenvalue weighted by atomic mass is 15.2. The van der Waals surface area contributed by atoms with Crippen molar-refractivity contribution in [3.05, 3.63) is 60.7 Å². The van der Waals surface area contributed by atoms with Crippen LogP contribution in [0.2, 0.25) is 0 Å². The van der Waals surface area contributed by atoms with Gasteiger partial charge in [0.25, 0.3) is 0 Å². The van der Waals surface area contributed by atoms with Crippen molar-refractivity contribution in [1.82, 2.24) is 19.9 Å². The van der Waals surface area contributed by atoms with Gasteiger partial charge in [-0.05, 0) is 37.3 Å². The number of hydrogen-bond donors (Lipinski definition) is 2. The number of pyridine rings is 2. The maximum absolute atomic E-state index is 5.91. The first-order valence-electron chi connectivity index (χ1n) is 9.05. The summed E-state index contributed by atoms with van der Waals surface area (Å²) < 4.78 is 0. The van der Waals surface area contributed by atoms with Crippen LogP contribution in [0.4, 0.5) is 5.69 Å². The number of aromatic amines is 1. The lowest BCUT2D eigenvalue weighted by Crippen LogP contribution is -2.55.